The van der Waals surface area contributed by atoms with Crippen molar-refractivity contribution in [1.29, 1.82) is 0 Å². The van der Waals surface area contributed by atoms with Crippen LogP contribution < -0.4 is 26.4 Å². The molecule has 1 heterocycles. The second-order valence-electron chi connectivity index (χ2n) is 6.97. The number of hydrogen-bond donors (Lipinski definition) is 3. The Labute approximate surface area is 182 Å². The molecule has 0 spiro atoms. The van der Waals surface area contributed by atoms with Gasteiger partial charge in [-0.05, 0) is 35.9 Å². The van der Waals surface area contributed by atoms with Gasteiger partial charge in [0.25, 0.3) is 0 Å². The van der Waals surface area contributed by atoms with E-state index in [9.17, 15) is 4.39 Å². The van der Waals surface area contributed by atoms with Crippen molar-refractivity contribution in [3.63, 3.8) is 0 Å². The van der Waals surface area contributed by atoms with Crippen molar-refractivity contribution in [3.8, 4) is 5.75 Å². The van der Waals surface area contributed by atoms with Crippen LogP contribution in [-0.4, -0.2) is 32.2 Å². The molecule has 0 aliphatic carbocycles. The quantitative estimate of drug-likeness (QED) is 0.578. The van der Waals surface area contributed by atoms with Crippen molar-refractivity contribution in [3.05, 3.63) is 90.3 Å². The van der Waals surface area contributed by atoms with Crippen LogP contribution >= 0.6 is 0 Å². The van der Waals surface area contributed by atoms with Crippen LogP contribution in [-0.2, 0) is 6.54 Å². The molecule has 0 saturated heterocycles. The number of anilines is 1. The number of nitrogens with one attached hydrogen (secondary N) is 1. The third-order valence-corrected chi connectivity index (χ3v) is 4.83. The summed E-state index contributed by atoms with van der Waals surface area (Å²) in [6, 6.07) is 15.4. The fraction of sp³-hybridized carbons (Fsp3) is 0.208. The fourth-order valence-corrected chi connectivity index (χ4v) is 3.09. The van der Waals surface area contributed by atoms with Gasteiger partial charge in [0.05, 0.1) is 0 Å². The van der Waals surface area contributed by atoms with Gasteiger partial charge in [0, 0.05) is 55.1 Å². The Hall–Kier alpha value is -3.42. The molecule has 0 aromatic heterocycles. The first-order chi connectivity index (χ1) is 15.1. The fourth-order valence-electron chi connectivity index (χ4n) is 3.09. The molecule has 0 radical (unpaired) electrons. The highest BCUT2D eigenvalue weighted by Gasteiger charge is 2.18. The van der Waals surface area contributed by atoms with Gasteiger partial charge in [-0.3, -0.25) is 4.99 Å². The third-order valence-electron chi connectivity index (χ3n) is 4.83. The minimum atomic E-state index is -1.19. The minimum absolute atomic E-state index is 0.0639. The van der Waals surface area contributed by atoms with E-state index in [0.717, 1.165) is 33.9 Å². The molecule has 1 aliphatic heterocycles. The van der Waals surface area contributed by atoms with Crippen molar-refractivity contribution in [2.24, 2.45) is 16.5 Å². The lowest BCUT2D eigenvalue weighted by Gasteiger charge is -2.16. The summed E-state index contributed by atoms with van der Waals surface area (Å²) < 4.78 is 18.9. The Morgan fingerprint density at radius 1 is 1.23 bits per heavy atom. The van der Waals surface area contributed by atoms with Crippen molar-refractivity contribution in [2.45, 2.75) is 12.7 Å². The van der Waals surface area contributed by atoms with Crippen molar-refractivity contribution in [1.82, 2.24) is 5.32 Å². The predicted octanol–water partition coefficient (Wildman–Crippen LogP) is 3.33. The molecule has 2 aromatic carbocycles. The van der Waals surface area contributed by atoms with Crippen molar-refractivity contribution >= 4 is 17.2 Å². The molecule has 31 heavy (non-hydrogen) atoms. The number of rotatable bonds is 9. The summed E-state index contributed by atoms with van der Waals surface area (Å²) in [5.41, 5.74) is 15.7. The lowest BCUT2D eigenvalue weighted by molar-refractivity contribution is 0.201. The first-order valence-corrected chi connectivity index (χ1v) is 10.0. The normalized spacial score (nSPS) is 16.7. The van der Waals surface area contributed by atoms with E-state index in [2.05, 4.69) is 16.9 Å². The lowest BCUT2D eigenvalue weighted by atomic mass is 10.1. The summed E-state index contributed by atoms with van der Waals surface area (Å²) in [6.45, 7) is 4.29. The van der Waals surface area contributed by atoms with E-state index in [1.165, 1.54) is 0 Å². The Morgan fingerprint density at radius 2 is 2.00 bits per heavy atom. The van der Waals surface area contributed by atoms with Crippen LogP contribution in [0.4, 0.5) is 10.1 Å². The zero-order valence-corrected chi connectivity index (χ0v) is 17.6. The summed E-state index contributed by atoms with van der Waals surface area (Å²) in [4.78, 5) is 6.29. The van der Waals surface area contributed by atoms with Gasteiger partial charge in [-0.2, -0.15) is 0 Å². The molecule has 0 bridgehead atoms. The Bertz CT molecular complexity index is 997. The maximum atomic E-state index is 13.4. The molecule has 162 valence electrons. The second-order valence-corrected chi connectivity index (χ2v) is 6.97. The summed E-state index contributed by atoms with van der Waals surface area (Å²) in [5.74, 6) is 1.31. The number of nitrogens with two attached hydrogens (primary N) is 2. The van der Waals surface area contributed by atoms with Crippen molar-refractivity contribution in [2.75, 3.05) is 25.1 Å². The molecule has 0 amide bonds. The van der Waals surface area contributed by atoms with Crippen LogP contribution in [0, 0.1) is 0 Å². The van der Waals surface area contributed by atoms with Gasteiger partial charge in [-0.25, -0.2) is 4.39 Å². The molecule has 0 fully saturated rings. The number of benzene rings is 2. The van der Waals surface area contributed by atoms with E-state index in [0.29, 0.717) is 12.3 Å². The summed E-state index contributed by atoms with van der Waals surface area (Å²) in [7, 11) is 1.73. The molecule has 1 aliphatic rings. The number of aliphatic imine (C=N–C) groups is 1. The molecule has 6 nitrogen and oxygen atoms in total. The van der Waals surface area contributed by atoms with E-state index in [4.69, 9.17) is 16.2 Å². The molecule has 5 N–H and O–H groups in total. The van der Waals surface area contributed by atoms with Crippen LogP contribution in [0.1, 0.15) is 11.1 Å². The van der Waals surface area contributed by atoms with Gasteiger partial charge in [-0.1, -0.05) is 30.8 Å². The van der Waals surface area contributed by atoms with Gasteiger partial charge in [0.1, 0.15) is 24.4 Å². The summed E-state index contributed by atoms with van der Waals surface area (Å²) in [5, 5.41) is 3.33. The van der Waals surface area contributed by atoms with Gasteiger partial charge in [-0.15, -0.1) is 0 Å². The molecular formula is C24H28FN5O. The van der Waals surface area contributed by atoms with E-state index in [1.807, 2.05) is 59.6 Å². The molecule has 1 atom stereocenters. The molecule has 3 rings (SSSR count). The maximum absolute atomic E-state index is 13.4. The average Bonchev–Trinajstić information content (AvgIpc) is 3.24. The molecular weight excluding hydrogens is 393 g/mol. The zero-order chi connectivity index (χ0) is 22.2. The second kappa shape index (κ2) is 10.6. The topological polar surface area (TPSA) is 88.9 Å². The number of ether oxygens (including phenoxy) is 1. The first-order valence-electron chi connectivity index (χ1n) is 10.0. The largest absolute Gasteiger partial charge is 0.490 e. The van der Waals surface area contributed by atoms with Gasteiger partial charge < -0.3 is 26.4 Å². The summed E-state index contributed by atoms with van der Waals surface area (Å²) >= 11 is 0. The number of hydrogen-bond acceptors (Lipinski definition) is 5. The molecule has 0 saturated carbocycles. The molecule has 2 aromatic rings. The van der Waals surface area contributed by atoms with E-state index in [1.54, 1.807) is 19.3 Å². The highest BCUT2D eigenvalue weighted by Crippen LogP contribution is 2.26. The monoisotopic (exact) mass is 421 g/mol. The van der Waals surface area contributed by atoms with Gasteiger partial charge in [0.2, 0.25) is 0 Å². The van der Waals surface area contributed by atoms with Gasteiger partial charge >= 0.3 is 0 Å². The predicted molar refractivity (Wildman–Crippen MR) is 125 cm³/mol. The van der Waals surface area contributed by atoms with Crippen LogP contribution in [0.25, 0.3) is 5.70 Å². The van der Waals surface area contributed by atoms with Gasteiger partial charge in [0.15, 0.2) is 0 Å². The highest BCUT2D eigenvalue weighted by atomic mass is 19.1. The number of nitrogens with zero attached hydrogens (tertiary/aromatic N) is 2. The summed E-state index contributed by atoms with van der Waals surface area (Å²) in [6.07, 6.45) is 4.51. The van der Waals surface area contributed by atoms with Crippen LogP contribution in [0.5, 0.6) is 5.75 Å². The standard InChI is InChI=1S/C24H28FN5O/c1-3-30(21-9-7-17(13-26)8-10-21)15-19-12-23(29-24(19)28-2)18-5-4-6-22(11-18)31-16-20(25)14-27/h3-12,15,20H,1,13-14,16,26-27H2,2H3,(H,28,29)/b19-15-/t20-/m1/s1. The van der Waals surface area contributed by atoms with E-state index < -0.39 is 6.17 Å². The SMILES string of the molecule is C=CN(/C=C1/C=C(c2cccc(OC[C@H](F)CN)c2)N/C1=N/C)c1ccc(CN)cc1. The van der Waals surface area contributed by atoms with Crippen LogP contribution in [0.2, 0.25) is 0 Å². The van der Waals surface area contributed by atoms with Crippen LogP contribution in [0.3, 0.4) is 0 Å². The van der Waals surface area contributed by atoms with E-state index in [-0.39, 0.29) is 13.2 Å². The average molecular weight is 422 g/mol. The van der Waals surface area contributed by atoms with Crippen LogP contribution in [0.15, 0.2) is 84.2 Å². The zero-order valence-electron chi connectivity index (χ0n) is 17.6. The number of halogens is 1. The minimum Gasteiger partial charge on any atom is -0.490 e. The molecule has 7 heteroatoms. The Morgan fingerprint density at radius 3 is 2.65 bits per heavy atom. The number of alkyl halides is 1. The Kier molecular flexibility index (Phi) is 7.59. The number of amidine groups is 1. The Balaban J connectivity index is 1.85. The smallest absolute Gasteiger partial charge is 0.146 e. The lowest BCUT2D eigenvalue weighted by Crippen LogP contribution is -2.22. The first kappa shape index (κ1) is 22.3. The van der Waals surface area contributed by atoms with Crippen molar-refractivity contribution < 1.29 is 9.13 Å². The highest BCUT2D eigenvalue weighted by molar-refractivity contribution is 6.11. The van der Waals surface area contributed by atoms with E-state index >= 15 is 0 Å². The molecule has 0 unspecified atom stereocenters. The third kappa shape index (κ3) is 5.59. The maximum Gasteiger partial charge on any atom is 0.146 e.